The Morgan fingerprint density at radius 1 is 1.38 bits per heavy atom. The molecule has 21 heavy (non-hydrogen) atoms. The van der Waals surface area contributed by atoms with Crippen LogP contribution in [0.3, 0.4) is 0 Å². The molecule has 1 unspecified atom stereocenters. The summed E-state index contributed by atoms with van der Waals surface area (Å²) in [6.07, 6.45) is 1.16. The molecular formula is C14H21N5S2. The Labute approximate surface area is 133 Å². The maximum atomic E-state index is 6.13. The largest absolute Gasteiger partial charge is 0.382 e. The second-order valence-electron chi connectivity index (χ2n) is 5.70. The second kappa shape index (κ2) is 5.90. The molecule has 0 saturated carbocycles. The normalized spacial score (nSPS) is 20.7. The Hall–Kier alpha value is -1.18. The monoisotopic (exact) mass is 323 g/mol. The zero-order valence-electron chi connectivity index (χ0n) is 12.7. The van der Waals surface area contributed by atoms with E-state index in [1.165, 1.54) is 16.5 Å². The number of nitrogen functional groups attached to an aromatic ring is 1. The summed E-state index contributed by atoms with van der Waals surface area (Å²) in [6.45, 7) is 7.53. The van der Waals surface area contributed by atoms with Crippen LogP contribution in [0, 0.1) is 6.92 Å². The number of hydrogen-bond acceptors (Lipinski definition) is 7. The van der Waals surface area contributed by atoms with Crippen molar-refractivity contribution in [3.05, 3.63) is 11.1 Å². The summed E-state index contributed by atoms with van der Waals surface area (Å²) in [5, 5.41) is 4.22. The van der Waals surface area contributed by atoms with Gasteiger partial charge in [0.25, 0.3) is 0 Å². The van der Waals surface area contributed by atoms with Crippen LogP contribution < -0.4 is 10.6 Å². The van der Waals surface area contributed by atoms with Crippen molar-refractivity contribution in [3.63, 3.8) is 0 Å². The number of likely N-dealkylation sites (N-methyl/N-ethyl adjacent to an activating group) is 1. The average molecular weight is 323 g/mol. The van der Waals surface area contributed by atoms with E-state index in [9.17, 15) is 0 Å². The first-order chi connectivity index (χ1) is 10.1. The minimum Gasteiger partial charge on any atom is -0.382 e. The first-order valence-electron chi connectivity index (χ1n) is 7.19. The smallest absolute Gasteiger partial charge is 0.149 e. The summed E-state index contributed by atoms with van der Waals surface area (Å²) in [5.41, 5.74) is 8.19. The summed E-state index contributed by atoms with van der Waals surface area (Å²) in [6, 6.07) is 0.456. The fraction of sp³-hybridized carbons (Fsp3) is 0.571. The lowest BCUT2D eigenvalue weighted by atomic mass is 10.2. The number of aromatic nitrogens is 2. The summed E-state index contributed by atoms with van der Waals surface area (Å²) in [7, 11) is 2.19. The van der Waals surface area contributed by atoms with E-state index in [1.807, 2.05) is 6.92 Å². The molecule has 2 aromatic rings. The zero-order valence-corrected chi connectivity index (χ0v) is 14.3. The van der Waals surface area contributed by atoms with Crippen molar-refractivity contribution in [1.82, 2.24) is 14.3 Å². The van der Waals surface area contributed by atoms with Gasteiger partial charge >= 0.3 is 0 Å². The minimum absolute atomic E-state index is 0.456. The number of hydrogen-bond donors (Lipinski definition) is 1. The number of thiazole rings is 1. The number of nitrogens with zero attached hydrogens (tertiary/aromatic N) is 4. The number of rotatable bonds is 2. The van der Waals surface area contributed by atoms with E-state index in [4.69, 9.17) is 5.73 Å². The van der Waals surface area contributed by atoms with Gasteiger partial charge in [-0.3, -0.25) is 0 Å². The van der Waals surface area contributed by atoms with E-state index in [1.54, 1.807) is 11.3 Å². The SMILES string of the molecule is Cc1csc(-c2c(N)nsc2N2CCCN(C)CC2C)n1. The third-order valence-corrected chi connectivity index (χ3v) is 5.72. The first kappa shape index (κ1) is 14.7. The molecule has 0 spiro atoms. The molecule has 0 radical (unpaired) electrons. The lowest BCUT2D eigenvalue weighted by Crippen LogP contribution is -2.37. The molecule has 2 N–H and O–H groups in total. The molecule has 1 aliphatic rings. The number of anilines is 2. The lowest BCUT2D eigenvalue weighted by Gasteiger charge is -2.29. The van der Waals surface area contributed by atoms with Crippen molar-refractivity contribution in [2.45, 2.75) is 26.3 Å². The van der Waals surface area contributed by atoms with Gasteiger partial charge in [-0.05, 0) is 45.4 Å². The van der Waals surface area contributed by atoms with Crippen LogP contribution in [-0.2, 0) is 0 Å². The molecule has 1 atom stereocenters. The Balaban J connectivity index is 1.99. The Kier molecular flexibility index (Phi) is 4.14. The summed E-state index contributed by atoms with van der Waals surface area (Å²) < 4.78 is 4.39. The van der Waals surface area contributed by atoms with E-state index in [0.29, 0.717) is 11.9 Å². The maximum Gasteiger partial charge on any atom is 0.149 e. The van der Waals surface area contributed by atoms with Crippen LogP contribution in [-0.4, -0.2) is 47.0 Å². The predicted octanol–water partition coefficient (Wildman–Crippen LogP) is 2.69. The molecule has 3 rings (SSSR count). The number of nitrogens with two attached hydrogens (primary N) is 1. The van der Waals surface area contributed by atoms with Crippen molar-refractivity contribution in [3.8, 4) is 10.6 Å². The summed E-state index contributed by atoms with van der Waals surface area (Å²) in [5.74, 6) is 0.606. The molecule has 1 fully saturated rings. The van der Waals surface area contributed by atoms with E-state index in [2.05, 4.69) is 38.5 Å². The van der Waals surface area contributed by atoms with Crippen LogP contribution in [0.2, 0.25) is 0 Å². The molecule has 0 amide bonds. The highest BCUT2D eigenvalue weighted by molar-refractivity contribution is 7.15. The molecule has 1 aliphatic heterocycles. The minimum atomic E-state index is 0.456. The van der Waals surface area contributed by atoms with E-state index in [0.717, 1.165) is 42.3 Å². The molecule has 0 aliphatic carbocycles. The second-order valence-corrected chi connectivity index (χ2v) is 7.31. The lowest BCUT2D eigenvalue weighted by molar-refractivity contribution is 0.337. The van der Waals surface area contributed by atoms with Gasteiger partial charge in [-0.2, -0.15) is 4.37 Å². The van der Waals surface area contributed by atoms with E-state index in [-0.39, 0.29) is 0 Å². The van der Waals surface area contributed by atoms with Crippen molar-refractivity contribution < 1.29 is 0 Å². The van der Waals surface area contributed by atoms with Crippen LogP contribution in [0.15, 0.2) is 5.38 Å². The van der Waals surface area contributed by atoms with Crippen LogP contribution in [0.5, 0.6) is 0 Å². The highest BCUT2D eigenvalue weighted by atomic mass is 32.1. The van der Waals surface area contributed by atoms with Crippen LogP contribution in [0.1, 0.15) is 19.0 Å². The van der Waals surface area contributed by atoms with Crippen LogP contribution in [0.25, 0.3) is 10.6 Å². The van der Waals surface area contributed by atoms with Gasteiger partial charge < -0.3 is 15.5 Å². The van der Waals surface area contributed by atoms with Gasteiger partial charge in [-0.15, -0.1) is 11.3 Å². The molecule has 0 bridgehead atoms. The molecule has 3 heterocycles. The Bertz CT molecular complexity index is 621. The molecule has 2 aromatic heterocycles. The van der Waals surface area contributed by atoms with Gasteiger partial charge in [0.15, 0.2) is 0 Å². The van der Waals surface area contributed by atoms with Gasteiger partial charge in [-0.25, -0.2) is 4.98 Å². The third-order valence-electron chi connectivity index (χ3n) is 3.84. The molecule has 114 valence electrons. The molecule has 0 aromatic carbocycles. The Morgan fingerprint density at radius 3 is 2.90 bits per heavy atom. The topological polar surface area (TPSA) is 58.3 Å². The Morgan fingerprint density at radius 2 is 2.19 bits per heavy atom. The van der Waals surface area contributed by atoms with Crippen molar-refractivity contribution >= 4 is 33.7 Å². The number of aryl methyl sites for hydroxylation is 1. The third kappa shape index (κ3) is 2.90. The molecule has 5 nitrogen and oxygen atoms in total. The molecule has 7 heteroatoms. The summed E-state index contributed by atoms with van der Waals surface area (Å²) >= 11 is 3.15. The van der Waals surface area contributed by atoms with Gasteiger partial charge in [0.1, 0.15) is 15.8 Å². The standard InChI is InChI=1S/C14H21N5S2/c1-9-8-20-13(16-9)11-12(15)17-21-14(11)19-6-4-5-18(3)7-10(19)2/h8,10H,4-7H2,1-3H3,(H2,15,17). The van der Waals surface area contributed by atoms with Crippen molar-refractivity contribution in [1.29, 1.82) is 0 Å². The maximum absolute atomic E-state index is 6.13. The highest BCUT2D eigenvalue weighted by Gasteiger charge is 2.26. The van der Waals surface area contributed by atoms with Crippen molar-refractivity contribution in [2.24, 2.45) is 0 Å². The fourth-order valence-electron chi connectivity index (χ4n) is 2.83. The highest BCUT2D eigenvalue weighted by Crippen LogP contribution is 2.41. The van der Waals surface area contributed by atoms with Crippen LogP contribution >= 0.6 is 22.9 Å². The van der Waals surface area contributed by atoms with E-state index < -0.39 is 0 Å². The quantitative estimate of drug-likeness (QED) is 0.921. The van der Waals surface area contributed by atoms with E-state index >= 15 is 0 Å². The van der Waals surface area contributed by atoms with Crippen molar-refractivity contribution in [2.75, 3.05) is 37.3 Å². The first-order valence-corrected chi connectivity index (χ1v) is 8.84. The van der Waals surface area contributed by atoms with Crippen LogP contribution in [0.4, 0.5) is 10.8 Å². The van der Waals surface area contributed by atoms with Gasteiger partial charge in [0.2, 0.25) is 0 Å². The molecule has 1 saturated heterocycles. The fourth-order valence-corrected chi connectivity index (χ4v) is 4.69. The molecular weight excluding hydrogens is 302 g/mol. The zero-order chi connectivity index (χ0) is 15.0. The summed E-state index contributed by atoms with van der Waals surface area (Å²) in [4.78, 5) is 9.44. The average Bonchev–Trinajstić information content (AvgIpc) is 2.96. The predicted molar refractivity (Wildman–Crippen MR) is 91.3 cm³/mol. The van der Waals surface area contributed by atoms with Gasteiger partial charge in [0, 0.05) is 30.2 Å². The van der Waals surface area contributed by atoms with Gasteiger partial charge in [0.05, 0.1) is 5.56 Å². The van der Waals surface area contributed by atoms with Gasteiger partial charge in [-0.1, -0.05) is 0 Å².